The highest BCUT2D eigenvalue weighted by Gasteiger charge is 2.28. The second-order valence-electron chi connectivity index (χ2n) is 4.04. The molecule has 1 N–H and O–H groups in total. The summed E-state index contributed by atoms with van der Waals surface area (Å²) in [5, 5.41) is 3.41. The molecule has 4 heteroatoms. The van der Waals surface area contributed by atoms with Gasteiger partial charge in [0.1, 0.15) is 5.75 Å². The van der Waals surface area contributed by atoms with Crippen LogP contribution < -0.4 is 10.1 Å². The van der Waals surface area contributed by atoms with Gasteiger partial charge in [-0.2, -0.15) is 0 Å². The van der Waals surface area contributed by atoms with Crippen LogP contribution in [0.2, 0.25) is 5.02 Å². The Morgan fingerprint density at radius 1 is 1.11 bits per heavy atom. The minimum absolute atomic E-state index is 0.184. The summed E-state index contributed by atoms with van der Waals surface area (Å²) in [4.78, 5) is 12.0. The molecule has 1 heterocycles. The van der Waals surface area contributed by atoms with Crippen molar-refractivity contribution in [3.63, 3.8) is 0 Å². The highest BCUT2D eigenvalue weighted by molar-refractivity contribution is 6.30. The van der Waals surface area contributed by atoms with Gasteiger partial charge >= 0.3 is 0 Å². The molecule has 0 aromatic heterocycles. The zero-order valence-electron chi connectivity index (χ0n) is 9.39. The number of carbonyl (C=O) groups excluding carboxylic acids is 1. The summed E-state index contributed by atoms with van der Waals surface area (Å²) in [6.45, 7) is 0. The predicted molar refractivity (Wildman–Crippen MR) is 69.9 cm³/mol. The summed E-state index contributed by atoms with van der Waals surface area (Å²) >= 11 is 5.92. The number of carbonyl (C=O) groups is 1. The van der Waals surface area contributed by atoms with Crippen molar-refractivity contribution in [2.45, 2.75) is 6.10 Å². The summed E-state index contributed by atoms with van der Waals surface area (Å²) in [6, 6.07) is 14.5. The lowest BCUT2D eigenvalue weighted by molar-refractivity contribution is -0.123. The number of anilines is 1. The maximum atomic E-state index is 12.0. The molecule has 0 saturated heterocycles. The number of halogens is 1. The van der Waals surface area contributed by atoms with E-state index in [4.69, 9.17) is 16.3 Å². The lowest BCUT2D eigenvalue weighted by atomic mass is 10.1. The van der Waals surface area contributed by atoms with E-state index in [9.17, 15) is 4.79 Å². The molecule has 0 bridgehead atoms. The Bertz CT molecular complexity index is 612. The Balaban J connectivity index is 1.98. The molecule has 0 radical (unpaired) electrons. The van der Waals surface area contributed by atoms with Gasteiger partial charge in [0.2, 0.25) is 6.10 Å². The summed E-state index contributed by atoms with van der Waals surface area (Å²) in [7, 11) is 0. The molecule has 1 unspecified atom stereocenters. The van der Waals surface area contributed by atoms with Crippen LogP contribution in [0.5, 0.6) is 5.75 Å². The molecule has 1 aliphatic heterocycles. The van der Waals surface area contributed by atoms with E-state index in [2.05, 4.69) is 5.32 Å². The number of rotatable bonds is 1. The summed E-state index contributed by atoms with van der Waals surface area (Å²) in [6.07, 6.45) is -0.654. The van der Waals surface area contributed by atoms with Gasteiger partial charge < -0.3 is 10.1 Å². The van der Waals surface area contributed by atoms with Crippen LogP contribution in [0.4, 0.5) is 5.69 Å². The van der Waals surface area contributed by atoms with Crippen molar-refractivity contribution < 1.29 is 9.53 Å². The molecule has 3 nitrogen and oxygen atoms in total. The maximum absolute atomic E-state index is 12.0. The molecule has 0 spiro atoms. The number of amides is 1. The average Bonchev–Trinajstić information content (AvgIpc) is 2.38. The van der Waals surface area contributed by atoms with Crippen molar-refractivity contribution in [1.82, 2.24) is 0 Å². The van der Waals surface area contributed by atoms with Crippen LogP contribution in [0.3, 0.4) is 0 Å². The quantitative estimate of drug-likeness (QED) is 0.852. The third-order valence-corrected chi connectivity index (χ3v) is 3.01. The van der Waals surface area contributed by atoms with Crippen LogP contribution in [0.25, 0.3) is 0 Å². The molecule has 2 aromatic carbocycles. The topological polar surface area (TPSA) is 38.3 Å². The second kappa shape index (κ2) is 4.35. The normalized spacial score (nSPS) is 17.6. The number of hydrogen-bond donors (Lipinski definition) is 1. The lowest BCUT2D eigenvalue weighted by Crippen LogP contribution is -2.29. The number of ether oxygens (including phenoxy) is 1. The van der Waals surface area contributed by atoms with Gasteiger partial charge in [0.25, 0.3) is 5.91 Å². The zero-order chi connectivity index (χ0) is 12.5. The van der Waals surface area contributed by atoms with Crippen molar-refractivity contribution in [2.24, 2.45) is 0 Å². The minimum atomic E-state index is -0.654. The van der Waals surface area contributed by atoms with Crippen LogP contribution in [0, 0.1) is 0 Å². The average molecular weight is 260 g/mol. The van der Waals surface area contributed by atoms with Crippen LogP contribution in [-0.2, 0) is 4.79 Å². The largest absolute Gasteiger partial charge is 0.474 e. The lowest BCUT2D eigenvalue weighted by Gasteiger charge is -2.26. The number of nitrogens with one attached hydrogen (secondary N) is 1. The first-order chi connectivity index (χ1) is 8.74. The number of fused-ring (bicyclic) bond motifs is 1. The number of para-hydroxylation sites is 2. The molecular formula is C14H10ClNO2. The van der Waals surface area contributed by atoms with Crippen molar-refractivity contribution in [3.05, 3.63) is 59.1 Å². The molecule has 90 valence electrons. The van der Waals surface area contributed by atoms with Gasteiger partial charge in [0, 0.05) is 10.6 Å². The van der Waals surface area contributed by atoms with E-state index in [-0.39, 0.29) is 5.91 Å². The Hall–Kier alpha value is -2.00. The highest BCUT2D eigenvalue weighted by Crippen LogP contribution is 2.34. The fourth-order valence-corrected chi connectivity index (χ4v) is 2.14. The first-order valence-corrected chi connectivity index (χ1v) is 5.94. The zero-order valence-corrected chi connectivity index (χ0v) is 10.1. The smallest absolute Gasteiger partial charge is 0.270 e. The van der Waals surface area contributed by atoms with Gasteiger partial charge in [-0.1, -0.05) is 35.9 Å². The Morgan fingerprint density at radius 2 is 1.94 bits per heavy atom. The SMILES string of the molecule is O=C1Nc2ccccc2OC1c1cccc(Cl)c1. The fraction of sp³-hybridized carbons (Fsp3) is 0.0714. The van der Waals surface area contributed by atoms with Crippen molar-refractivity contribution in [1.29, 1.82) is 0 Å². The van der Waals surface area contributed by atoms with Crippen LogP contribution in [0.15, 0.2) is 48.5 Å². The van der Waals surface area contributed by atoms with Gasteiger partial charge in [-0.05, 0) is 24.3 Å². The molecule has 0 saturated carbocycles. The van der Waals surface area contributed by atoms with Crippen molar-refractivity contribution in [2.75, 3.05) is 5.32 Å². The van der Waals surface area contributed by atoms with Crippen LogP contribution in [0.1, 0.15) is 11.7 Å². The van der Waals surface area contributed by atoms with E-state index in [0.29, 0.717) is 16.5 Å². The van der Waals surface area contributed by atoms with E-state index in [1.807, 2.05) is 24.3 Å². The molecule has 1 atom stereocenters. The van der Waals surface area contributed by atoms with E-state index >= 15 is 0 Å². The molecule has 0 fully saturated rings. The molecule has 2 aromatic rings. The Kier molecular flexibility index (Phi) is 2.68. The molecule has 1 aliphatic rings. The van der Waals surface area contributed by atoms with Crippen molar-refractivity contribution >= 4 is 23.2 Å². The molecular weight excluding hydrogens is 250 g/mol. The first-order valence-electron chi connectivity index (χ1n) is 5.56. The monoisotopic (exact) mass is 259 g/mol. The Labute approximate surface area is 109 Å². The number of benzene rings is 2. The number of hydrogen-bond acceptors (Lipinski definition) is 2. The first kappa shape index (κ1) is 11.1. The van der Waals surface area contributed by atoms with Crippen LogP contribution in [-0.4, -0.2) is 5.91 Å². The Morgan fingerprint density at radius 3 is 2.78 bits per heavy atom. The minimum Gasteiger partial charge on any atom is -0.474 e. The summed E-state index contributed by atoms with van der Waals surface area (Å²) in [5.41, 5.74) is 1.44. The second-order valence-corrected chi connectivity index (χ2v) is 4.47. The van der Waals surface area contributed by atoms with E-state index < -0.39 is 6.10 Å². The molecule has 3 rings (SSSR count). The highest BCUT2D eigenvalue weighted by atomic mass is 35.5. The van der Waals surface area contributed by atoms with E-state index in [0.717, 1.165) is 5.56 Å². The fourth-order valence-electron chi connectivity index (χ4n) is 1.94. The summed E-state index contributed by atoms with van der Waals surface area (Å²) < 4.78 is 5.71. The molecule has 18 heavy (non-hydrogen) atoms. The third-order valence-electron chi connectivity index (χ3n) is 2.78. The maximum Gasteiger partial charge on any atom is 0.270 e. The third kappa shape index (κ3) is 1.93. The predicted octanol–water partition coefficient (Wildman–Crippen LogP) is 3.41. The van der Waals surface area contributed by atoms with Gasteiger partial charge in [0.15, 0.2) is 0 Å². The van der Waals surface area contributed by atoms with E-state index in [1.165, 1.54) is 0 Å². The van der Waals surface area contributed by atoms with Gasteiger partial charge in [-0.3, -0.25) is 4.79 Å². The van der Waals surface area contributed by atoms with Crippen molar-refractivity contribution in [3.8, 4) is 5.75 Å². The van der Waals surface area contributed by atoms with E-state index in [1.54, 1.807) is 24.3 Å². The summed E-state index contributed by atoms with van der Waals surface area (Å²) in [5.74, 6) is 0.484. The molecule has 1 amide bonds. The standard InChI is InChI=1S/C14H10ClNO2/c15-10-5-3-4-9(8-10)13-14(17)16-11-6-1-2-7-12(11)18-13/h1-8,13H,(H,16,17). The van der Waals surface area contributed by atoms with Gasteiger partial charge in [0.05, 0.1) is 5.69 Å². The van der Waals surface area contributed by atoms with Gasteiger partial charge in [-0.25, -0.2) is 0 Å². The van der Waals surface area contributed by atoms with Crippen LogP contribution >= 0.6 is 11.6 Å². The molecule has 0 aliphatic carbocycles. The van der Waals surface area contributed by atoms with Gasteiger partial charge in [-0.15, -0.1) is 0 Å².